The van der Waals surface area contributed by atoms with Gasteiger partial charge in [0.15, 0.2) is 0 Å². The Morgan fingerprint density at radius 2 is 2.44 bits per heavy atom. The minimum Gasteiger partial charge on any atom is -0.388 e. The van der Waals surface area contributed by atoms with Crippen LogP contribution in [0.3, 0.4) is 0 Å². The van der Waals surface area contributed by atoms with Gasteiger partial charge in [0, 0.05) is 12.3 Å². The van der Waals surface area contributed by atoms with Gasteiger partial charge in [0.1, 0.15) is 6.04 Å². The predicted molar refractivity (Wildman–Crippen MR) is 63.3 cm³/mol. The Bertz CT molecular complexity index is 281. The van der Waals surface area contributed by atoms with Crippen LogP contribution in [0.1, 0.15) is 26.7 Å². The molecule has 0 aromatic carbocycles. The summed E-state index contributed by atoms with van der Waals surface area (Å²) in [5.74, 6) is 0.232. The lowest BCUT2D eigenvalue weighted by Crippen LogP contribution is -2.48. The third-order valence-electron chi connectivity index (χ3n) is 2.42. The average Bonchev–Trinajstić information content (AvgIpc) is 2.61. The van der Waals surface area contributed by atoms with Gasteiger partial charge in [-0.25, -0.2) is 0 Å². The largest absolute Gasteiger partial charge is 0.388 e. The minimum absolute atomic E-state index is 0.166. The van der Waals surface area contributed by atoms with Gasteiger partial charge < -0.3 is 15.7 Å². The fourth-order valence-electron chi connectivity index (χ4n) is 1.55. The van der Waals surface area contributed by atoms with Crippen molar-refractivity contribution in [3.63, 3.8) is 0 Å². The van der Waals surface area contributed by atoms with E-state index in [0.717, 1.165) is 18.2 Å². The van der Waals surface area contributed by atoms with Crippen molar-refractivity contribution in [2.75, 3.05) is 12.3 Å². The standard InChI is InChI=1S/C10H18N2O3S/c1-3-4-10(2,15)6-11-8(13)7-5-16-9(14)12-7/h7,15H,3-6H2,1-2H3,(H,11,13)(H,12,14). The Morgan fingerprint density at radius 1 is 1.75 bits per heavy atom. The van der Waals surface area contributed by atoms with E-state index >= 15 is 0 Å². The number of hydrogen-bond donors (Lipinski definition) is 3. The minimum atomic E-state index is -0.875. The first-order valence-corrected chi connectivity index (χ1v) is 6.36. The van der Waals surface area contributed by atoms with Crippen LogP contribution in [0.15, 0.2) is 0 Å². The monoisotopic (exact) mass is 246 g/mol. The zero-order chi connectivity index (χ0) is 12.2. The maximum atomic E-state index is 11.6. The molecule has 5 nitrogen and oxygen atoms in total. The number of nitrogens with one attached hydrogen (secondary N) is 2. The highest BCUT2D eigenvalue weighted by atomic mass is 32.2. The van der Waals surface area contributed by atoms with Gasteiger partial charge in [0.25, 0.3) is 5.24 Å². The topological polar surface area (TPSA) is 78.4 Å². The van der Waals surface area contributed by atoms with Crippen molar-refractivity contribution >= 4 is 22.9 Å². The second kappa shape index (κ2) is 5.54. The fourth-order valence-corrected chi connectivity index (χ4v) is 2.33. The van der Waals surface area contributed by atoms with Gasteiger partial charge in [-0.15, -0.1) is 0 Å². The molecule has 0 aliphatic carbocycles. The molecule has 0 saturated carbocycles. The molecule has 1 aliphatic heterocycles. The summed E-state index contributed by atoms with van der Waals surface area (Å²) in [5.41, 5.74) is -0.875. The lowest BCUT2D eigenvalue weighted by atomic mass is 10.0. The van der Waals surface area contributed by atoms with Gasteiger partial charge in [0.2, 0.25) is 5.91 Å². The van der Waals surface area contributed by atoms with E-state index in [4.69, 9.17) is 0 Å². The van der Waals surface area contributed by atoms with E-state index in [1.165, 1.54) is 0 Å². The molecule has 1 rings (SSSR count). The number of aliphatic hydroxyl groups is 1. The normalized spacial score (nSPS) is 23.7. The zero-order valence-electron chi connectivity index (χ0n) is 9.58. The van der Waals surface area contributed by atoms with Crippen LogP contribution in [0.4, 0.5) is 4.79 Å². The molecular formula is C10H18N2O3S. The van der Waals surface area contributed by atoms with Crippen LogP contribution in [0.25, 0.3) is 0 Å². The first-order chi connectivity index (χ1) is 7.44. The first-order valence-electron chi connectivity index (χ1n) is 5.38. The van der Waals surface area contributed by atoms with E-state index in [1.807, 2.05) is 6.92 Å². The summed E-state index contributed by atoms with van der Waals surface area (Å²) < 4.78 is 0. The Balaban J connectivity index is 2.32. The number of hydrogen-bond acceptors (Lipinski definition) is 4. The summed E-state index contributed by atoms with van der Waals surface area (Å²) in [6, 6.07) is -0.463. The molecule has 1 aliphatic rings. The Morgan fingerprint density at radius 3 is 2.94 bits per heavy atom. The molecule has 3 N–H and O–H groups in total. The van der Waals surface area contributed by atoms with Gasteiger partial charge in [-0.2, -0.15) is 0 Å². The van der Waals surface area contributed by atoms with Crippen LogP contribution in [0.5, 0.6) is 0 Å². The van der Waals surface area contributed by atoms with E-state index in [1.54, 1.807) is 6.92 Å². The van der Waals surface area contributed by atoms with Crippen molar-refractivity contribution in [2.45, 2.75) is 38.3 Å². The van der Waals surface area contributed by atoms with Gasteiger partial charge in [-0.05, 0) is 13.3 Å². The molecule has 0 aromatic heterocycles. The highest BCUT2D eigenvalue weighted by Gasteiger charge is 2.29. The van der Waals surface area contributed by atoms with Gasteiger partial charge in [0.05, 0.1) is 5.60 Å². The van der Waals surface area contributed by atoms with E-state index in [9.17, 15) is 14.7 Å². The maximum Gasteiger partial charge on any atom is 0.279 e. The summed E-state index contributed by atoms with van der Waals surface area (Å²) in [6.45, 7) is 3.89. The molecule has 0 radical (unpaired) electrons. The summed E-state index contributed by atoms with van der Waals surface area (Å²) in [4.78, 5) is 22.5. The average molecular weight is 246 g/mol. The van der Waals surface area contributed by atoms with Crippen LogP contribution < -0.4 is 10.6 Å². The van der Waals surface area contributed by atoms with Crippen LogP contribution in [-0.2, 0) is 4.79 Å². The molecule has 0 aromatic rings. The first kappa shape index (κ1) is 13.3. The predicted octanol–water partition coefficient (Wildman–Crippen LogP) is 0.479. The second-order valence-electron chi connectivity index (χ2n) is 4.26. The van der Waals surface area contributed by atoms with Crippen molar-refractivity contribution in [2.24, 2.45) is 0 Å². The number of amides is 2. The van der Waals surface area contributed by atoms with Gasteiger partial charge in [-0.3, -0.25) is 9.59 Å². The van der Waals surface area contributed by atoms with Gasteiger partial charge >= 0.3 is 0 Å². The van der Waals surface area contributed by atoms with Crippen molar-refractivity contribution < 1.29 is 14.7 Å². The summed E-state index contributed by atoms with van der Waals surface area (Å²) in [5, 5.41) is 14.9. The van der Waals surface area contributed by atoms with Crippen molar-refractivity contribution in [3.05, 3.63) is 0 Å². The van der Waals surface area contributed by atoms with E-state index in [0.29, 0.717) is 12.2 Å². The van der Waals surface area contributed by atoms with E-state index in [2.05, 4.69) is 10.6 Å². The van der Waals surface area contributed by atoms with Crippen molar-refractivity contribution in [3.8, 4) is 0 Å². The third kappa shape index (κ3) is 4.02. The summed E-state index contributed by atoms with van der Waals surface area (Å²) >= 11 is 1.10. The summed E-state index contributed by atoms with van der Waals surface area (Å²) in [6.07, 6.45) is 1.50. The molecule has 1 fully saturated rings. The molecule has 2 atom stereocenters. The van der Waals surface area contributed by atoms with E-state index < -0.39 is 11.6 Å². The molecular weight excluding hydrogens is 228 g/mol. The Labute approximate surface area is 99.4 Å². The molecule has 1 heterocycles. The lowest BCUT2D eigenvalue weighted by Gasteiger charge is -2.23. The van der Waals surface area contributed by atoms with Crippen LogP contribution >= 0.6 is 11.8 Å². The third-order valence-corrected chi connectivity index (χ3v) is 3.30. The van der Waals surface area contributed by atoms with Crippen LogP contribution in [0.2, 0.25) is 0 Å². The van der Waals surface area contributed by atoms with Crippen LogP contribution in [0, 0.1) is 0 Å². The quantitative estimate of drug-likeness (QED) is 0.659. The maximum absolute atomic E-state index is 11.6. The number of carbonyl (C=O) groups excluding carboxylic acids is 2. The summed E-state index contributed by atoms with van der Waals surface area (Å²) in [7, 11) is 0. The Hall–Kier alpha value is -0.750. The molecule has 0 spiro atoms. The smallest absolute Gasteiger partial charge is 0.279 e. The van der Waals surface area contributed by atoms with Crippen molar-refractivity contribution in [1.29, 1.82) is 0 Å². The number of thioether (sulfide) groups is 1. The Kier molecular flexibility index (Phi) is 4.61. The molecule has 0 bridgehead atoms. The fraction of sp³-hybridized carbons (Fsp3) is 0.800. The SMILES string of the molecule is CCCC(C)(O)CNC(=O)C1CSC(=O)N1. The molecule has 6 heteroatoms. The number of carbonyl (C=O) groups is 2. The lowest BCUT2D eigenvalue weighted by molar-refractivity contribution is -0.123. The highest BCUT2D eigenvalue weighted by molar-refractivity contribution is 8.14. The van der Waals surface area contributed by atoms with Crippen molar-refractivity contribution in [1.82, 2.24) is 10.6 Å². The van der Waals surface area contributed by atoms with Gasteiger partial charge in [-0.1, -0.05) is 25.1 Å². The second-order valence-corrected chi connectivity index (χ2v) is 5.25. The molecule has 1 saturated heterocycles. The molecule has 16 heavy (non-hydrogen) atoms. The molecule has 2 unspecified atom stereocenters. The zero-order valence-corrected chi connectivity index (χ0v) is 10.4. The molecule has 2 amide bonds. The molecule has 92 valence electrons. The van der Waals surface area contributed by atoms with Crippen LogP contribution in [-0.4, -0.2) is 40.2 Å². The number of rotatable bonds is 5. The van der Waals surface area contributed by atoms with E-state index in [-0.39, 0.29) is 17.7 Å². The highest BCUT2D eigenvalue weighted by Crippen LogP contribution is 2.14.